The van der Waals surface area contributed by atoms with Gasteiger partial charge in [-0.3, -0.25) is 4.79 Å². The average Bonchev–Trinajstić information content (AvgIpc) is 3.35. The maximum absolute atomic E-state index is 13.4. The van der Waals surface area contributed by atoms with Gasteiger partial charge in [-0.2, -0.15) is 13.2 Å². The quantitative estimate of drug-likeness (QED) is 0.362. The topological polar surface area (TPSA) is 49.6 Å². The molecule has 0 saturated carbocycles. The molecule has 1 aliphatic heterocycles. The van der Waals surface area contributed by atoms with Gasteiger partial charge in [0.05, 0.1) is 5.56 Å². The van der Waals surface area contributed by atoms with Crippen LogP contribution in [-0.4, -0.2) is 42.0 Å². The third-order valence-electron chi connectivity index (χ3n) is 8.50. The van der Waals surface area contributed by atoms with Crippen molar-refractivity contribution < 1.29 is 22.4 Å². The predicted octanol–water partition coefficient (Wildman–Crippen LogP) is 6.90. The van der Waals surface area contributed by atoms with E-state index >= 15 is 0 Å². The fourth-order valence-corrected chi connectivity index (χ4v) is 5.88. The molecule has 1 aliphatic carbocycles. The van der Waals surface area contributed by atoms with Crippen LogP contribution >= 0.6 is 0 Å². The number of rotatable bonds is 4. The minimum atomic E-state index is -4.48. The Kier molecular flexibility index (Phi) is 6.80. The number of halogens is 3. The number of amides is 1. The van der Waals surface area contributed by atoms with Crippen LogP contribution in [0.25, 0.3) is 0 Å². The number of aryl methyl sites for hydroxylation is 1. The number of pyridine rings is 1. The first-order chi connectivity index (χ1) is 18.3. The Bertz CT molecular complexity index is 1380. The van der Waals surface area contributed by atoms with Gasteiger partial charge in [0.1, 0.15) is 11.6 Å². The van der Waals surface area contributed by atoms with E-state index in [1.165, 1.54) is 34.5 Å². The van der Waals surface area contributed by atoms with E-state index in [0.717, 1.165) is 24.7 Å². The van der Waals surface area contributed by atoms with Gasteiger partial charge in [-0.15, -0.1) is 0 Å². The Morgan fingerprint density at radius 1 is 0.974 bits per heavy atom. The van der Waals surface area contributed by atoms with E-state index in [2.05, 4.69) is 51.7 Å². The van der Waals surface area contributed by atoms with E-state index in [1.54, 1.807) is 15.9 Å². The standard InChI is InChI=1S/C31H36F3N3O2/c1-20-17-24-25(30(4,5)11-10-29(24,2)3)19-21(20)18-22-8-9-26(39-22)28(38)37-15-13-36(14-16-37)27-23(31(32,33)34)7-6-12-35-27/h6-9,12,17,19H,10-11,13-16,18H2,1-5H3. The summed E-state index contributed by atoms with van der Waals surface area (Å²) in [7, 11) is 0. The first-order valence-electron chi connectivity index (χ1n) is 13.6. The number of anilines is 1. The summed E-state index contributed by atoms with van der Waals surface area (Å²) in [5.41, 5.74) is 4.71. The molecule has 1 fully saturated rings. The zero-order chi connectivity index (χ0) is 28.2. The van der Waals surface area contributed by atoms with Crippen molar-refractivity contribution >= 4 is 11.7 Å². The molecule has 2 aliphatic rings. The van der Waals surface area contributed by atoms with Crippen molar-refractivity contribution in [3.8, 4) is 0 Å². The first kappa shape index (κ1) is 27.3. The van der Waals surface area contributed by atoms with Gasteiger partial charge >= 0.3 is 6.18 Å². The van der Waals surface area contributed by atoms with Gasteiger partial charge in [-0.25, -0.2) is 4.98 Å². The molecule has 3 aromatic rings. The van der Waals surface area contributed by atoms with E-state index < -0.39 is 11.7 Å². The van der Waals surface area contributed by atoms with Gasteiger partial charge in [0.25, 0.3) is 5.91 Å². The molecule has 39 heavy (non-hydrogen) atoms. The zero-order valence-corrected chi connectivity index (χ0v) is 23.3. The highest BCUT2D eigenvalue weighted by Crippen LogP contribution is 2.46. The Hall–Kier alpha value is -3.29. The van der Waals surface area contributed by atoms with E-state index in [1.807, 2.05) is 6.07 Å². The summed E-state index contributed by atoms with van der Waals surface area (Å²) >= 11 is 0. The second-order valence-corrected chi connectivity index (χ2v) is 12.2. The van der Waals surface area contributed by atoms with Crippen molar-refractivity contribution in [3.63, 3.8) is 0 Å². The Morgan fingerprint density at radius 3 is 2.26 bits per heavy atom. The second kappa shape index (κ2) is 9.72. The molecule has 1 saturated heterocycles. The molecule has 0 radical (unpaired) electrons. The molecule has 3 heterocycles. The zero-order valence-electron chi connectivity index (χ0n) is 23.3. The molecular weight excluding hydrogens is 503 g/mol. The van der Waals surface area contributed by atoms with Gasteiger partial charge in [-0.1, -0.05) is 39.8 Å². The number of hydrogen-bond donors (Lipinski definition) is 0. The number of furan rings is 1. The summed E-state index contributed by atoms with van der Waals surface area (Å²) in [6, 6.07) is 10.5. The number of hydrogen-bond acceptors (Lipinski definition) is 4. The van der Waals surface area contributed by atoms with Crippen LogP contribution in [-0.2, 0) is 23.4 Å². The maximum Gasteiger partial charge on any atom is 0.419 e. The van der Waals surface area contributed by atoms with Crippen LogP contribution in [0.1, 0.15) is 84.7 Å². The van der Waals surface area contributed by atoms with Crippen LogP contribution in [0.5, 0.6) is 0 Å². The van der Waals surface area contributed by atoms with E-state index in [9.17, 15) is 18.0 Å². The Balaban J connectivity index is 1.28. The normalized spacial score (nSPS) is 18.7. The average molecular weight is 540 g/mol. The lowest BCUT2D eigenvalue weighted by molar-refractivity contribution is -0.137. The van der Waals surface area contributed by atoms with Crippen molar-refractivity contribution in [2.45, 2.75) is 70.9 Å². The molecule has 8 heteroatoms. The number of benzene rings is 1. The predicted molar refractivity (Wildman–Crippen MR) is 145 cm³/mol. The summed E-state index contributed by atoms with van der Waals surface area (Å²) in [6.07, 6.45) is -0.228. The van der Waals surface area contributed by atoms with Crippen LogP contribution in [0.2, 0.25) is 0 Å². The minimum Gasteiger partial charge on any atom is -0.456 e. The van der Waals surface area contributed by atoms with Crippen LogP contribution in [0.3, 0.4) is 0 Å². The number of nitrogens with zero attached hydrogens (tertiary/aromatic N) is 3. The number of carbonyl (C=O) groups excluding carboxylic acids is 1. The third-order valence-corrected chi connectivity index (χ3v) is 8.50. The number of carbonyl (C=O) groups is 1. The molecule has 208 valence electrons. The number of piperazine rings is 1. The van der Waals surface area contributed by atoms with Crippen molar-refractivity contribution in [3.05, 3.63) is 81.9 Å². The van der Waals surface area contributed by atoms with E-state index in [0.29, 0.717) is 6.42 Å². The molecule has 5 rings (SSSR count). The fraction of sp³-hybridized carbons (Fsp3) is 0.484. The van der Waals surface area contributed by atoms with Crippen LogP contribution in [0.4, 0.5) is 19.0 Å². The van der Waals surface area contributed by atoms with E-state index in [4.69, 9.17) is 4.42 Å². The fourth-order valence-electron chi connectivity index (χ4n) is 5.88. The molecule has 1 amide bonds. The van der Waals surface area contributed by atoms with Crippen LogP contribution < -0.4 is 4.90 Å². The second-order valence-electron chi connectivity index (χ2n) is 12.2. The van der Waals surface area contributed by atoms with E-state index in [-0.39, 0.29) is 54.5 Å². The molecular formula is C31H36F3N3O2. The summed E-state index contributed by atoms with van der Waals surface area (Å²) in [5.74, 6) is 0.632. The summed E-state index contributed by atoms with van der Waals surface area (Å²) < 4.78 is 46.3. The molecule has 0 spiro atoms. The molecule has 0 atom stereocenters. The van der Waals surface area contributed by atoms with Gasteiger partial charge in [0.2, 0.25) is 0 Å². The van der Waals surface area contributed by atoms with Gasteiger partial charge in [0, 0.05) is 38.8 Å². The van der Waals surface area contributed by atoms with Crippen molar-refractivity contribution in [1.82, 2.24) is 9.88 Å². The molecule has 0 unspecified atom stereocenters. The summed E-state index contributed by atoms with van der Waals surface area (Å²) in [5, 5.41) is 0. The van der Waals surface area contributed by atoms with Crippen molar-refractivity contribution in [2.24, 2.45) is 0 Å². The molecule has 0 bridgehead atoms. The summed E-state index contributed by atoms with van der Waals surface area (Å²) in [4.78, 5) is 20.4. The highest BCUT2D eigenvalue weighted by molar-refractivity contribution is 5.91. The largest absolute Gasteiger partial charge is 0.456 e. The Morgan fingerprint density at radius 2 is 1.62 bits per heavy atom. The number of aromatic nitrogens is 1. The molecule has 0 N–H and O–H groups in total. The lowest BCUT2D eigenvalue weighted by Gasteiger charge is -2.42. The maximum atomic E-state index is 13.4. The summed E-state index contributed by atoms with van der Waals surface area (Å²) in [6.45, 7) is 12.5. The number of alkyl halides is 3. The van der Waals surface area contributed by atoms with Crippen molar-refractivity contribution in [1.29, 1.82) is 0 Å². The molecule has 5 nitrogen and oxygen atoms in total. The number of fused-ring (bicyclic) bond motifs is 1. The lowest BCUT2D eigenvalue weighted by atomic mass is 9.62. The first-order valence-corrected chi connectivity index (χ1v) is 13.6. The van der Waals surface area contributed by atoms with Gasteiger partial charge < -0.3 is 14.2 Å². The van der Waals surface area contributed by atoms with Crippen LogP contribution in [0.15, 0.2) is 47.0 Å². The monoisotopic (exact) mass is 539 g/mol. The van der Waals surface area contributed by atoms with Crippen molar-refractivity contribution in [2.75, 3.05) is 31.1 Å². The molecule has 1 aromatic carbocycles. The SMILES string of the molecule is Cc1cc2c(cc1Cc1ccc(C(=O)N3CCN(c4ncccc4C(F)(F)F)CC3)o1)C(C)(C)CCC2(C)C. The molecule has 2 aromatic heterocycles. The van der Waals surface area contributed by atoms with Crippen LogP contribution in [0, 0.1) is 6.92 Å². The highest BCUT2D eigenvalue weighted by Gasteiger charge is 2.38. The van der Waals surface area contributed by atoms with Gasteiger partial charge in [0.15, 0.2) is 5.76 Å². The third kappa shape index (κ3) is 5.30. The smallest absolute Gasteiger partial charge is 0.419 e. The highest BCUT2D eigenvalue weighted by atomic mass is 19.4. The lowest BCUT2D eigenvalue weighted by Crippen LogP contribution is -2.49. The Labute approximate surface area is 228 Å². The minimum absolute atomic E-state index is 0.0932. The van der Waals surface area contributed by atoms with Gasteiger partial charge in [-0.05, 0) is 77.1 Å².